The third-order valence-corrected chi connectivity index (χ3v) is 11.2. The number of likely N-dealkylation sites (tertiary alicyclic amines) is 1. The molecule has 1 amide bonds. The number of benzene rings is 2. The van der Waals surface area contributed by atoms with E-state index in [2.05, 4.69) is 20.2 Å². The Labute approximate surface area is 318 Å². The molecule has 4 aromatic rings. The van der Waals surface area contributed by atoms with Crippen molar-refractivity contribution in [2.24, 2.45) is 0 Å². The standard InChI is InChI=1S/C41H42Cl2FN5O4/c1-24(50)21-48-15-13-26-17-35(45-19-28(26)22-48)33(44)16-27-6-4-7-30(38(27)42)31-8-5-9-34(39(31)43)47-40(51)36-18-32(25-11-12-25)29(20-46-36)23-49-14-3-2-10-37(49)41(52)53/h4-9,16-20,24-25,37,50H,2-3,10-15,21-23H2,1H3,(H,47,51)(H,52,53)/b33-16-. The molecule has 7 rings (SSSR count). The van der Waals surface area contributed by atoms with Gasteiger partial charge >= 0.3 is 5.97 Å². The van der Waals surface area contributed by atoms with Gasteiger partial charge in [0.1, 0.15) is 17.6 Å². The van der Waals surface area contributed by atoms with Crippen LogP contribution in [0.1, 0.15) is 88.9 Å². The van der Waals surface area contributed by atoms with Gasteiger partial charge in [0.15, 0.2) is 0 Å². The molecule has 1 saturated carbocycles. The predicted octanol–water partition coefficient (Wildman–Crippen LogP) is 8.23. The molecule has 2 aromatic heterocycles. The lowest BCUT2D eigenvalue weighted by Gasteiger charge is -2.33. The van der Waals surface area contributed by atoms with Gasteiger partial charge in [-0.15, -0.1) is 0 Å². The van der Waals surface area contributed by atoms with Crippen molar-refractivity contribution >= 4 is 52.7 Å². The lowest BCUT2D eigenvalue weighted by atomic mass is 9.99. The van der Waals surface area contributed by atoms with Gasteiger partial charge in [-0.05, 0) is 104 Å². The summed E-state index contributed by atoms with van der Waals surface area (Å²) in [7, 11) is 0. The number of carboxylic acid groups (broad SMARTS) is 1. The highest BCUT2D eigenvalue weighted by Gasteiger charge is 2.32. The van der Waals surface area contributed by atoms with Crippen LogP contribution in [0, 0.1) is 0 Å². The highest BCUT2D eigenvalue weighted by Crippen LogP contribution is 2.43. The van der Waals surface area contributed by atoms with Crippen LogP contribution in [0.2, 0.25) is 10.0 Å². The van der Waals surface area contributed by atoms with Gasteiger partial charge in [0.2, 0.25) is 0 Å². The molecular formula is C41H42Cl2FN5O4. The predicted molar refractivity (Wildman–Crippen MR) is 206 cm³/mol. The second kappa shape index (κ2) is 16.0. The Morgan fingerprint density at radius 3 is 2.49 bits per heavy atom. The molecule has 9 nitrogen and oxygen atoms in total. The Morgan fingerprint density at radius 1 is 0.981 bits per heavy atom. The molecule has 4 heterocycles. The lowest BCUT2D eigenvalue weighted by Crippen LogP contribution is -2.44. The number of aromatic nitrogens is 2. The first-order valence-corrected chi connectivity index (χ1v) is 18.9. The molecule has 0 spiro atoms. The maximum atomic E-state index is 15.7. The molecule has 2 aliphatic heterocycles. The van der Waals surface area contributed by atoms with Gasteiger partial charge in [-0.25, -0.2) is 4.39 Å². The number of pyridine rings is 2. The fourth-order valence-corrected chi connectivity index (χ4v) is 8.03. The van der Waals surface area contributed by atoms with Crippen molar-refractivity contribution in [3.8, 4) is 11.1 Å². The number of piperidine rings is 1. The van der Waals surface area contributed by atoms with E-state index >= 15 is 4.39 Å². The number of nitrogens with one attached hydrogen (secondary N) is 1. The smallest absolute Gasteiger partial charge is 0.320 e. The van der Waals surface area contributed by atoms with E-state index in [1.807, 2.05) is 11.0 Å². The zero-order valence-electron chi connectivity index (χ0n) is 29.5. The van der Waals surface area contributed by atoms with Crippen molar-refractivity contribution in [3.05, 3.63) is 110 Å². The minimum atomic E-state index is -0.803. The average molecular weight is 759 g/mol. The summed E-state index contributed by atoms with van der Waals surface area (Å²) in [5.74, 6) is -1.42. The largest absolute Gasteiger partial charge is 0.480 e. The van der Waals surface area contributed by atoms with E-state index < -0.39 is 29.8 Å². The number of halogens is 3. The van der Waals surface area contributed by atoms with E-state index in [-0.39, 0.29) is 16.4 Å². The Hall–Kier alpha value is -4.19. The SMILES string of the molecule is CC(O)CN1CCc2cc(/C(F)=C/c3cccc(-c4cccc(NC(=O)c5cc(C6CC6)c(CN6CCCCC6C(=O)O)cn5)c4Cl)c3Cl)ncc2C1. The number of rotatable bonds is 11. The number of carbonyl (C=O) groups excluding carboxylic acids is 1. The fraction of sp³-hybridized carbons (Fsp3) is 0.366. The lowest BCUT2D eigenvalue weighted by molar-refractivity contribution is -0.144. The topological polar surface area (TPSA) is 119 Å². The summed E-state index contributed by atoms with van der Waals surface area (Å²) in [5, 5.41) is 23.0. The quantitative estimate of drug-likeness (QED) is 0.140. The van der Waals surface area contributed by atoms with E-state index in [9.17, 15) is 19.8 Å². The number of anilines is 1. The molecule has 0 bridgehead atoms. The van der Waals surface area contributed by atoms with Gasteiger partial charge in [0.25, 0.3) is 5.91 Å². The normalized spacial score (nSPS) is 18.7. The molecule has 53 heavy (non-hydrogen) atoms. The number of fused-ring (bicyclic) bond motifs is 1. The van der Waals surface area contributed by atoms with Crippen LogP contribution in [0.25, 0.3) is 23.0 Å². The first kappa shape index (κ1) is 37.1. The summed E-state index contributed by atoms with van der Waals surface area (Å²) in [5.41, 5.74) is 6.48. The third kappa shape index (κ3) is 8.47. The van der Waals surface area contributed by atoms with Gasteiger partial charge in [0.05, 0.1) is 27.5 Å². The minimum Gasteiger partial charge on any atom is -0.480 e. The van der Waals surface area contributed by atoms with E-state index in [1.54, 1.807) is 61.8 Å². The van der Waals surface area contributed by atoms with E-state index in [0.29, 0.717) is 65.9 Å². The van der Waals surface area contributed by atoms with Crippen LogP contribution in [0.3, 0.4) is 0 Å². The fourth-order valence-electron chi connectivity index (χ4n) is 7.47. The van der Waals surface area contributed by atoms with Crippen molar-refractivity contribution in [1.82, 2.24) is 19.8 Å². The van der Waals surface area contributed by atoms with Gasteiger partial charge in [-0.3, -0.25) is 29.4 Å². The molecule has 3 N–H and O–H groups in total. The van der Waals surface area contributed by atoms with Crippen LogP contribution in [0.4, 0.5) is 10.1 Å². The van der Waals surface area contributed by atoms with Crippen LogP contribution < -0.4 is 5.32 Å². The maximum absolute atomic E-state index is 15.7. The summed E-state index contributed by atoms with van der Waals surface area (Å²) < 4.78 is 15.7. The average Bonchev–Trinajstić information content (AvgIpc) is 3.99. The van der Waals surface area contributed by atoms with E-state index in [0.717, 1.165) is 60.9 Å². The number of aliphatic carboxylic acids is 1. The van der Waals surface area contributed by atoms with E-state index in [1.165, 1.54) is 6.08 Å². The summed E-state index contributed by atoms with van der Waals surface area (Å²) in [6.45, 7) is 4.98. The van der Waals surface area contributed by atoms with Crippen molar-refractivity contribution < 1.29 is 24.2 Å². The van der Waals surface area contributed by atoms with Gasteiger partial charge in [0, 0.05) is 49.7 Å². The van der Waals surface area contributed by atoms with Crippen LogP contribution in [-0.2, 0) is 24.3 Å². The monoisotopic (exact) mass is 757 g/mol. The number of hydrogen-bond donors (Lipinski definition) is 3. The second-order valence-corrected chi connectivity index (χ2v) is 15.1. The summed E-state index contributed by atoms with van der Waals surface area (Å²) >= 11 is 13.8. The Balaban J connectivity index is 1.09. The number of aliphatic hydroxyl groups excluding tert-OH is 1. The minimum absolute atomic E-state index is 0.222. The highest BCUT2D eigenvalue weighted by molar-refractivity contribution is 6.39. The molecule has 2 unspecified atom stereocenters. The molecule has 3 aliphatic rings. The number of nitrogens with zero attached hydrogens (tertiary/aromatic N) is 4. The molecule has 12 heteroatoms. The number of hydrogen-bond acceptors (Lipinski definition) is 7. The first-order chi connectivity index (χ1) is 25.5. The molecule has 1 aliphatic carbocycles. The summed E-state index contributed by atoms with van der Waals surface area (Å²) in [6, 6.07) is 13.6. The number of carboxylic acids is 1. The van der Waals surface area contributed by atoms with Gasteiger partial charge in [-0.2, -0.15) is 0 Å². The summed E-state index contributed by atoms with van der Waals surface area (Å²) in [4.78, 5) is 38.5. The maximum Gasteiger partial charge on any atom is 0.320 e. The van der Waals surface area contributed by atoms with Crippen LogP contribution in [0.15, 0.2) is 60.9 Å². The zero-order chi connectivity index (χ0) is 37.2. The van der Waals surface area contributed by atoms with E-state index in [4.69, 9.17) is 23.2 Å². The van der Waals surface area contributed by atoms with Crippen molar-refractivity contribution in [1.29, 1.82) is 0 Å². The molecule has 2 fully saturated rings. The Morgan fingerprint density at radius 2 is 1.74 bits per heavy atom. The van der Waals surface area contributed by atoms with Crippen LogP contribution in [-0.4, -0.2) is 73.6 Å². The number of amides is 1. The second-order valence-electron chi connectivity index (χ2n) is 14.4. The summed E-state index contributed by atoms with van der Waals surface area (Å²) in [6.07, 6.45) is 9.61. The number of aliphatic hydroxyl groups is 1. The van der Waals surface area contributed by atoms with Gasteiger partial charge in [-0.1, -0.05) is 60.0 Å². The molecule has 1 saturated heterocycles. The van der Waals surface area contributed by atoms with Crippen molar-refractivity contribution in [2.75, 3.05) is 25.0 Å². The first-order valence-electron chi connectivity index (χ1n) is 18.2. The molecule has 276 valence electrons. The number of carbonyl (C=O) groups is 2. The molecule has 2 aromatic carbocycles. The van der Waals surface area contributed by atoms with Crippen molar-refractivity contribution in [3.63, 3.8) is 0 Å². The van der Waals surface area contributed by atoms with Gasteiger partial charge < -0.3 is 15.5 Å². The van der Waals surface area contributed by atoms with Crippen LogP contribution >= 0.6 is 23.2 Å². The highest BCUT2D eigenvalue weighted by atomic mass is 35.5. The molecule has 0 radical (unpaired) electrons. The molecule has 2 atom stereocenters. The third-order valence-electron chi connectivity index (χ3n) is 10.3. The van der Waals surface area contributed by atoms with Crippen LogP contribution in [0.5, 0.6) is 0 Å². The molecular weight excluding hydrogens is 716 g/mol. The Kier molecular flexibility index (Phi) is 11.2. The zero-order valence-corrected chi connectivity index (χ0v) is 31.0. The number of β-amino-alcohol motifs (C(OH)–C–C–N with tert-alkyl or cyclic N) is 1. The van der Waals surface area contributed by atoms with Crippen molar-refractivity contribution in [2.45, 2.75) is 76.6 Å². The Bertz CT molecular complexity index is 2070.